The van der Waals surface area contributed by atoms with Gasteiger partial charge in [-0.1, -0.05) is 12.1 Å². The number of carbonyl (C=O) groups is 3. The van der Waals surface area contributed by atoms with Gasteiger partial charge in [-0.25, -0.2) is 0 Å². The number of amides is 2. The predicted octanol–water partition coefficient (Wildman–Crippen LogP) is 1.51. The van der Waals surface area contributed by atoms with Crippen LogP contribution in [-0.2, 0) is 14.4 Å². The number of nitrogens with zero attached hydrogens (tertiary/aromatic N) is 2. The molecule has 0 saturated carbocycles. The molecule has 1 aromatic carbocycles. The molecule has 1 aromatic rings. The first-order chi connectivity index (χ1) is 12.0. The van der Waals surface area contributed by atoms with Gasteiger partial charge < -0.3 is 19.6 Å². The van der Waals surface area contributed by atoms with Gasteiger partial charge in [-0.05, 0) is 31.9 Å². The van der Waals surface area contributed by atoms with E-state index in [4.69, 9.17) is 9.84 Å². The first kappa shape index (κ1) is 17.3. The van der Waals surface area contributed by atoms with Crippen molar-refractivity contribution < 1.29 is 24.2 Å². The molecule has 1 fully saturated rings. The van der Waals surface area contributed by atoms with Crippen molar-refractivity contribution in [3.05, 3.63) is 24.3 Å². The van der Waals surface area contributed by atoms with Crippen molar-refractivity contribution in [1.82, 2.24) is 4.90 Å². The van der Waals surface area contributed by atoms with Crippen molar-refractivity contribution in [2.75, 3.05) is 24.5 Å². The molecule has 0 radical (unpaired) electrons. The van der Waals surface area contributed by atoms with Crippen LogP contribution in [0.4, 0.5) is 5.69 Å². The number of likely N-dealkylation sites (tertiary alicyclic amines) is 1. The van der Waals surface area contributed by atoms with E-state index in [9.17, 15) is 14.4 Å². The molecule has 1 atom stereocenters. The highest BCUT2D eigenvalue weighted by molar-refractivity contribution is 6.00. The fraction of sp³-hybridized carbons (Fsp3) is 0.500. The Bertz CT molecular complexity index is 682. The van der Waals surface area contributed by atoms with E-state index in [0.29, 0.717) is 43.9 Å². The van der Waals surface area contributed by atoms with Gasteiger partial charge in [-0.3, -0.25) is 14.4 Å². The van der Waals surface area contributed by atoms with Crippen molar-refractivity contribution >= 4 is 23.5 Å². The Morgan fingerprint density at radius 2 is 1.92 bits per heavy atom. The smallest absolute Gasteiger partial charge is 0.306 e. The lowest BCUT2D eigenvalue weighted by Gasteiger charge is -2.34. The third kappa shape index (κ3) is 3.60. The molecule has 0 bridgehead atoms. The van der Waals surface area contributed by atoms with E-state index in [1.807, 2.05) is 24.3 Å². The minimum absolute atomic E-state index is 0.0479. The van der Waals surface area contributed by atoms with E-state index in [1.165, 1.54) is 0 Å². The number of piperidine rings is 1. The second-order valence-electron chi connectivity index (χ2n) is 6.46. The van der Waals surface area contributed by atoms with E-state index in [0.717, 1.165) is 0 Å². The van der Waals surface area contributed by atoms with Gasteiger partial charge in [-0.2, -0.15) is 0 Å². The maximum atomic E-state index is 12.4. The molecule has 2 heterocycles. The van der Waals surface area contributed by atoms with Crippen LogP contribution in [0.25, 0.3) is 0 Å². The Balaban J connectivity index is 1.60. The van der Waals surface area contributed by atoms with Crippen LogP contribution >= 0.6 is 0 Å². The SMILES string of the molecule is CC1Oc2ccccc2N(CCC(=O)N2CCC(C(=O)O)CC2)C1=O. The molecule has 1 saturated heterocycles. The summed E-state index contributed by atoms with van der Waals surface area (Å²) >= 11 is 0. The highest BCUT2D eigenvalue weighted by atomic mass is 16.5. The van der Waals surface area contributed by atoms with Gasteiger partial charge in [0, 0.05) is 26.1 Å². The van der Waals surface area contributed by atoms with Crippen LogP contribution in [0.2, 0.25) is 0 Å². The normalized spacial score (nSPS) is 20.8. The average Bonchev–Trinajstić information content (AvgIpc) is 2.62. The topological polar surface area (TPSA) is 87.2 Å². The number of ether oxygens (including phenoxy) is 1. The number of aliphatic carboxylic acids is 1. The van der Waals surface area contributed by atoms with Crippen molar-refractivity contribution in [1.29, 1.82) is 0 Å². The van der Waals surface area contributed by atoms with Crippen molar-refractivity contribution in [3.8, 4) is 5.75 Å². The van der Waals surface area contributed by atoms with E-state index < -0.39 is 12.1 Å². The second-order valence-corrected chi connectivity index (χ2v) is 6.46. The summed E-state index contributed by atoms with van der Waals surface area (Å²) in [5.41, 5.74) is 0.683. The van der Waals surface area contributed by atoms with Gasteiger partial charge in [0.15, 0.2) is 6.10 Å². The van der Waals surface area contributed by atoms with E-state index in [-0.39, 0.29) is 24.2 Å². The van der Waals surface area contributed by atoms with Gasteiger partial charge in [0.1, 0.15) is 5.75 Å². The maximum Gasteiger partial charge on any atom is 0.306 e. The molecule has 3 rings (SSSR count). The molecule has 1 unspecified atom stereocenters. The number of anilines is 1. The number of carboxylic acid groups (broad SMARTS) is 1. The van der Waals surface area contributed by atoms with Crippen molar-refractivity contribution in [2.24, 2.45) is 5.92 Å². The summed E-state index contributed by atoms with van der Waals surface area (Å²) in [6, 6.07) is 7.29. The number of carboxylic acids is 1. The Morgan fingerprint density at radius 3 is 2.60 bits per heavy atom. The number of hydrogen-bond donors (Lipinski definition) is 1. The van der Waals surface area contributed by atoms with E-state index in [1.54, 1.807) is 16.7 Å². The quantitative estimate of drug-likeness (QED) is 0.893. The summed E-state index contributed by atoms with van der Waals surface area (Å²) in [7, 11) is 0. The van der Waals surface area contributed by atoms with E-state index in [2.05, 4.69) is 0 Å². The lowest BCUT2D eigenvalue weighted by atomic mass is 9.97. The lowest BCUT2D eigenvalue weighted by molar-refractivity contribution is -0.145. The van der Waals surface area contributed by atoms with Crippen molar-refractivity contribution in [2.45, 2.75) is 32.3 Å². The predicted molar refractivity (Wildman–Crippen MR) is 90.4 cm³/mol. The Kier molecular flexibility index (Phi) is 4.92. The van der Waals surface area contributed by atoms with Gasteiger partial charge >= 0.3 is 5.97 Å². The summed E-state index contributed by atoms with van der Waals surface area (Å²) in [5.74, 6) is -0.720. The summed E-state index contributed by atoms with van der Waals surface area (Å²) in [4.78, 5) is 39.1. The Hall–Kier alpha value is -2.57. The number of benzene rings is 1. The minimum atomic E-state index is -0.795. The number of hydrogen-bond acceptors (Lipinski definition) is 4. The third-order valence-corrected chi connectivity index (χ3v) is 4.82. The van der Waals surface area contributed by atoms with Crippen LogP contribution in [-0.4, -0.2) is 53.5 Å². The molecular weight excluding hydrogens is 324 g/mol. The molecule has 0 spiro atoms. The van der Waals surface area contributed by atoms with Crippen LogP contribution in [0.3, 0.4) is 0 Å². The zero-order valence-electron chi connectivity index (χ0n) is 14.2. The molecule has 0 aliphatic carbocycles. The van der Waals surface area contributed by atoms with Crippen LogP contribution in [0.15, 0.2) is 24.3 Å². The largest absolute Gasteiger partial charge is 0.481 e. The Morgan fingerprint density at radius 1 is 1.24 bits per heavy atom. The molecule has 2 aliphatic rings. The summed E-state index contributed by atoms with van der Waals surface area (Å²) < 4.78 is 5.59. The highest BCUT2D eigenvalue weighted by Gasteiger charge is 2.32. The summed E-state index contributed by atoms with van der Waals surface area (Å²) in [6.45, 7) is 2.91. The summed E-state index contributed by atoms with van der Waals surface area (Å²) in [6.07, 6.45) is 0.607. The third-order valence-electron chi connectivity index (χ3n) is 4.82. The molecule has 2 amide bonds. The molecule has 134 valence electrons. The number of rotatable bonds is 4. The molecule has 0 aromatic heterocycles. The standard InChI is InChI=1S/C18H22N2O5/c1-12-17(22)20(14-4-2-3-5-15(14)25-12)11-8-16(21)19-9-6-13(7-10-19)18(23)24/h2-5,12-13H,6-11H2,1H3,(H,23,24). The molecule has 25 heavy (non-hydrogen) atoms. The molecule has 7 heteroatoms. The van der Waals surface area contributed by atoms with Crippen LogP contribution < -0.4 is 9.64 Å². The first-order valence-corrected chi connectivity index (χ1v) is 8.55. The van der Waals surface area contributed by atoms with Crippen LogP contribution in [0.1, 0.15) is 26.2 Å². The van der Waals surface area contributed by atoms with Crippen LogP contribution in [0.5, 0.6) is 5.75 Å². The second kappa shape index (κ2) is 7.13. The maximum absolute atomic E-state index is 12.4. The summed E-state index contributed by atoms with van der Waals surface area (Å²) in [5, 5.41) is 9.02. The van der Waals surface area contributed by atoms with Crippen molar-refractivity contribution in [3.63, 3.8) is 0 Å². The highest BCUT2D eigenvalue weighted by Crippen LogP contribution is 2.33. The average molecular weight is 346 g/mol. The number of carbonyl (C=O) groups excluding carboxylic acids is 2. The fourth-order valence-corrected chi connectivity index (χ4v) is 3.33. The van der Waals surface area contributed by atoms with Gasteiger partial charge in [-0.15, -0.1) is 0 Å². The number of para-hydroxylation sites is 2. The van der Waals surface area contributed by atoms with Gasteiger partial charge in [0.25, 0.3) is 5.91 Å². The van der Waals surface area contributed by atoms with E-state index >= 15 is 0 Å². The Labute approximate surface area is 146 Å². The van der Waals surface area contributed by atoms with Crippen LogP contribution in [0, 0.1) is 5.92 Å². The van der Waals surface area contributed by atoms with Gasteiger partial charge in [0.05, 0.1) is 11.6 Å². The molecule has 7 nitrogen and oxygen atoms in total. The first-order valence-electron chi connectivity index (χ1n) is 8.55. The molecular formula is C18H22N2O5. The zero-order chi connectivity index (χ0) is 18.0. The monoisotopic (exact) mass is 346 g/mol. The molecule has 1 N–H and O–H groups in total. The lowest BCUT2D eigenvalue weighted by Crippen LogP contribution is -2.47. The fourth-order valence-electron chi connectivity index (χ4n) is 3.33. The number of fused-ring (bicyclic) bond motifs is 1. The molecule has 2 aliphatic heterocycles. The zero-order valence-corrected chi connectivity index (χ0v) is 14.2. The van der Waals surface area contributed by atoms with Gasteiger partial charge in [0.2, 0.25) is 5.91 Å². The minimum Gasteiger partial charge on any atom is -0.481 e.